The van der Waals surface area contributed by atoms with Crippen molar-refractivity contribution in [3.05, 3.63) is 47.9 Å². The highest BCUT2D eigenvalue weighted by molar-refractivity contribution is 6.07. The number of hydrogen-bond acceptors (Lipinski definition) is 3. The van der Waals surface area contributed by atoms with Crippen molar-refractivity contribution < 1.29 is 14.0 Å². The number of rotatable bonds is 3. The van der Waals surface area contributed by atoms with Crippen LogP contribution in [0.25, 0.3) is 0 Å². The van der Waals surface area contributed by atoms with Gasteiger partial charge >= 0.3 is 0 Å². The Bertz CT molecular complexity index is 819. The van der Waals surface area contributed by atoms with Gasteiger partial charge in [0.2, 0.25) is 5.91 Å². The SMILES string of the molecule is O=C(c1ccoc1)N1CCc2cc(NC(=O)C34CC3C4)ccc21. The number of nitrogens with one attached hydrogen (secondary N) is 1. The summed E-state index contributed by atoms with van der Waals surface area (Å²) in [4.78, 5) is 26.4. The summed E-state index contributed by atoms with van der Waals surface area (Å²) in [5, 5.41) is 3.03. The van der Waals surface area contributed by atoms with E-state index >= 15 is 0 Å². The van der Waals surface area contributed by atoms with Gasteiger partial charge in [0.05, 0.1) is 17.2 Å². The number of fused-ring (bicyclic) bond motifs is 2. The molecule has 0 saturated heterocycles. The molecule has 5 rings (SSSR count). The van der Waals surface area contributed by atoms with Gasteiger partial charge in [-0.2, -0.15) is 0 Å². The average Bonchev–Trinajstić information content (AvgIpc) is 3.23. The van der Waals surface area contributed by atoms with E-state index in [0.717, 1.165) is 36.2 Å². The monoisotopic (exact) mass is 308 g/mol. The Balaban J connectivity index is 1.37. The maximum Gasteiger partial charge on any atom is 0.261 e. The molecule has 2 fully saturated rings. The molecule has 1 aromatic heterocycles. The third-order valence-electron chi connectivity index (χ3n) is 5.38. The second kappa shape index (κ2) is 4.25. The normalized spacial score (nSPS) is 26.4. The first kappa shape index (κ1) is 12.9. The second-order valence-corrected chi connectivity index (χ2v) is 6.78. The summed E-state index contributed by atoms with van der Waals surface area (Å²) in [6.45, 7) is 0.656. The first-order valence-corrected chi connectivity index (χ1v) is 7.96. The molecule has 5 nitrogen and oxygen atoms in total. The molecule has 2 aliphatic carbocycles. The van der Waals surface area contributed by atoms with E-state index in [-0.39, 0.29) is 17.2 Å². The Labute approximate surface area is 133 Å². The largest absolute Gasteiger partial charge is 0.472 e. The van der Waals surface area contributed by atoms with Gasteiger partial charge in [0.25, 0.3) is 5.91 Å². The van der Waals surface area contributed by atoms with Crippen molar-refractivity contribution in [2.45, 2.75) is 19.3 Å². The lowest BCUT2D eigenvalue weighted by molar-refractivity contribution is -0.119. The van der Waals surface area contributed by atoms with Gasteiger partial charge in [0.15, 0.2) is 0 Å². The lowest BCUT2D eigenvalue weighted by Gasteiger charge is -2.17. The molecule has 3 aliphatic rings. The van der Waals surface area contributed by atoms with E-state index in [0.29, 0.717) is 18.0 Å². The molecule has 2 heterocycles. The summed E-state index contributed by atoms with van der Waals surface area (Å²) >= 11 is 0. The fourth-order valence-corrected chi connectivity index (χ4v) is 3.56. The Morgan fingerprint density at radius 2 is 2.09 bits per heavy atom. The van der Waals surface area contributed by atoms with E-state index < -0.39 is 0 Å². The Kier molecular flexibility index (Phi) is 2.39. The topological polar surface area (TPSA) is 62.6 Å². The quantitative estimate of drug-likeness (QED) is 0.948. The van der Waals surface area contributed by atoms with Crippen LogP contribution in [0.3, 0.4) is 0 Å². The van der Waals surface area contributed by atoms with Crippen LogP contribution in [0, 0.1) is 11.3 Å². The van der Waals surface area contributed by atoms with Crippen molar-refractivity contribution in [2.24, 2.45) is 11.3 Å². The first-order chi connectivity index (χ1) is 11.2. The van der Waals surface area contributed by atoms with Crippen LogP contribution in [0.15, 0.2) is 41.2 Å². The fraction of sp³-hybridized carbons (Fsp3) is 0.333. The van der Waals surface area contributed by atoms with Crippen LogP contribution in [0.5, 0.6) is 0 Å². The van der Waals surface area contributed by atoms with E-state index in [4.69, 9.17) is 4.42 Å². The van der Waals surface area contributed by atoms with Crippen molar-refractivity contribution in [3.8, 4) is 0 Å². The molecule has 0 unspecified atom stereocenters. The number of furan rings is 1. The fourth-order valence-electron chi connectivity index (χ4n) is 3.56. The highest BCUT2D eigenvalue weighted by Crippen LogP contribution is 2.75. The molecule has 0 atom stereocenters. The van der Waals surface area contributed by atoms with Crippen molar-refractivity contribution in [1.29, 1.82) is 0 Å². The number of carbonyl (C=O) groups excluding carboxylic acids is 2. The molecular formula is C18H16N2O3. The minimum absolute atomic E-state index is 0.0255. The van der Waals surface area contributed by atoms with Crippen LogP contribution < -0.4 is 10.2 Å². The number of nitrogens with zero attached hydrogens (tertiary/aromatic N) is 1. The Morgan fingerprint density at radius 3 is 2.78 bits per heavy atom. The summed E-state index contributed by atoms with van der Waals surface area (Å²) in [5.74, 6) is 0.749. The zero-order valence-corrected chi connectivity index (χ0v) is 12.5. The third-order valence-corrected chi connectivity index (χ3v) is 5.38. The van der Waals surface area contributed by atoms with Gasteiger partial charge in [-0.05, 0) is 55.0 Å². The molecule has 1 aromatic carbocycles. The molecule has 2 amide bonds. The molecule has 2 aromatic rings. The highest BCUT2D eigenvalue weighted by Gasteiger charge is 2.74. The molecule has 23 heavy (non-hydrogen) atoms. The van der Waals surface area contributed by atoms with Crippen LogP contribution in [0.4, 0.5) is 11.4 Å². The van der Waals surface area contributed by atoms with E-state index in [9.17, 15) is 9.59 Å². The van der Waals surface area contributed by atoms with Gasteiger partial charge in [0, 0.05) is 17.9 Å². The molecule has 0 bridgehead atoms. The second-order valence-electron chi connectivity index (χ2n) is 6.78. The van der Waals surface area contributed by atoms with Crippen molar-refractivity contribution >= 4 is 23.2 Å². The van der Waals surface area contributed by atoms with E-state index in [2.05, 4.69) is 5.32 Å². The number of amides is 2. The zero-order valence-electron chi connectivity index (χ0n) is 12.5. The minimum Gasteiger partial charge on any atom is -0.472 e. The lowest BCUT2D eigenvalue weighted by Crippen LogP contribution is -2.28. The van der Waals surface area contributed by atoms with Gasteiger partial charge in [0.1, 0.15) is 6.26 Å². The first-order valence-electron chi connectivity index (χ1n) is 7.96. The van der Waals surface area contributed by atoms with E-state index in [1.165, 1.54) is 12.5 Å². The molecular weight excluding hydrogens is 292 g/mol. The molecule has 0 radical (unpaired) electrons. The molecule has 116 valence electrons. The third kappa shape index (κ3) is 1.86. The van der Waals surface area contributed by atoms with Gasteiger partial charge in [-0.1, -0.05) is 0 Å². The van der Waals surface area contributed by atoms with Gasteiger partial charge in [-0.3, -0.25) is 9.59 Å². The Morgan fingerprint density at radius 1 is 1.26 bits per heavy atom. The summed E-state index contributed by atoms with van der Waals surface area (Å²) in [6.07, 6.45) is 5.88. The maximum atomic E-state index is 12.5. The van der Waals surface area contributed by atoms with Crippen LogP contribution >= 0.6 is 0 Å². The molecule has 2 saturated carbocycles. The minimum atomic E-state index is -0.0491. The van der Waals surface area contributed by atoms with E-state index in [1.807, 2.05) is 18.2 Å². The lowest BCUT2D eigenvalue weighted by atomic mass is 10.1. The summed E-state index contributed by atoms with van der Waals surface area (Å²) in [7, 11) is 0. The van der Waals surface area contributed by atoms with Crippen LogP contribution in [-0.2, 0) is 11.2 Å². The predicted octanol–water partition coefficient (Wildman–Crippen LogP) is 2.83. The average molecular weight is 308 g/mol. The highest BCUT2D eigenvalue weighted by atomic mass is 16.3. The summed E-state index contributed by atoms with van der Waals surface area (Å²) < 4.78 is 4.99. The zero-order chi connectivity index (χ0) is 15.6. The summed E-state index contributed by atoms with van der Waals surface area (Å²) in [5.41, 5.74) is 3.38. The number of anilines is 2. The van der Waals surface area contributed by atoms with Crippen molar-refractivity contribution in [1.82, 2.24) is 0 Å². The van der Waals surface area contributed by atoms with Crippen molar-refractivity contribution in [3.63, 3.8) is 0 Å². The van der Waals surface area contributed by atoms with Gasteiger partial charge < -0.3 is 14.6 Å². The number of hydrogen-bond donors (Lipinski definition) is 1. The van der Waals surface area contributed by atoms with Crippen LogP contribution in [0.2, 0.25) is 0 Å². The van der Waals surface area contributed by atoms with E-state index in [1.54, 1.807) is 11.0 Å². The van der Waals surface area contributed by atoms with Gasteiger partial charge in [-0.25, -0.2) is 0 Å². The molecule has 0 spiro atoms. The standard InChI is InChI=1S/C18H16N2O3/c21-16(12-4-6-23-10-12)20-5-3-11-7-14(1-2-15(11)20)19-17(22)18-8-13(18)9-18/h1-2,4,6-7,10,13H,3,5,8-9H2,(H,19,22). The molecule has 5 heteroatoms. The number of carbonyl (C=O) groups is 2. The van der Waals surface area contributed by atoms with Crippen molar-refractivity contribution in [2.75, 3.05) is 16.8 Å². The maximum absolute atomic E-state index is 12.5. The Hall–Kier alpha value is -2.56. The summed E-state index contributed by atoms with van der Waals surface area (Å²) in [6, 6.07) is 7.47. The van der Waals surface area contributed by atoms with Crippen LogP contribution in [-0.4, -0.2) is 18.4 Å². The van der Waals surface area contributed by atoms with Gasteiger partial charge in [-0.15, -0.1) is 0 Å². The predicted molar refractivity (Wildman–Crippen MR) is 84.3 cm³/mol. The molecule has 1 N–H and O–H groups in total. The smallest absolute Gasteiger partial charge is 0.261 e. The number of benzene rings is 1. The molecule has 1 aliphatic heterocycles. The van der Waals surface area contributed by atoms with Crippen LogP contribution in [0.1, 0.15) is 28.8 Å².